The maximum atomic E-state index is 10.9. The van der Waals surface area contributed by atoms with Gasteiger partial charge in [-0.1, -0.05) is 17.7 Å². The van der Waals surface area contributed by atoms with Crippen LogP contribution in [0.1, 0.15) is 11.1 Å². The monoisotopic (exact) mass is 406 g/mol. The molecule has 0 aliphatic carbocycles. The summed E-state index contributed by atoms with van der Waals surface area (Å²) in [6.45, 7) is 1.97. The SMILES string of the molecule is Cc1ccc(Nc2nc3nonc3nc2N/N=C/c2cc([N+](=O)[O-])ccc2O)cc1. The van der Waals surface area contributed by atoms with Gasteiger partial charge in [-0.3, -0.25) is 15.5 Å². The number of nitro groups is 1. The van der Waals surface area contributed by atoms with Crippen molar-refractivity contribution in [3.05, 3.63) is 63.7 Å². The van der Waals surface area contributed by atoms with Crippen LogP contribution in [0.4, 0.5) is 23.0 Å². The number of hydrazone groups is 1. The van der Waals surface area contributed by atoms with E-state index >= 15 is 0 Å². The molecule has 0 unspecified atom stereocenters. The number of nitro benzene ring substituents is 1. The summed E-state index contributed by atoms with van der Waals surface area (Å²) in [5.74, 6) is 0.355. The zero-order chi connectivity index (χ0) is 21.1. The van der Waals surface area contributed by atoms with E-state index in [0.717, 1.165) is 11.3 Å². The standard InChI is InChI=1S/C18H14N8O4/c1-10-2-4-12(5-3-10)20-15-16(22-18-17(21-15)24-30-25-18)23-19-9-11-8-13(26(28)29)6-7-14(11)27/h2-9,27H,1H3,(H,20,21,24)(H,22,23,25)/b19-9+. The van der Waals surface area contributed by atoms with E-state index in [1.807, 2.05) is 31.2 Å². The van der Waals surface area contributed by atoms with Crippen molar-refractivity contribution in [1.82, 2.24) is 20.3 Å². The highest BCUT2D eigenvalue weighted by Crippen LogP contribution is 2.25. The average Bonchev–Trinajstić information content (AvgIpc) is 3.18. The minimum atomic E-state index is -0.565. The van der Waals surface area contributed by atoms with Gasteiger partial charge in [-0.2, -0.15) is 10.1 Å². The number of non-ortho nitro benzene ring substituents is 1. The van der Waals surface area contributed by atoms with E-state index in [1.165, 1.54) is 24.4 Å². The van der Waals surface area contributed by atoms with Gasteiger partial charge in [-0.05, 0) is 35.4 Å². The molecule has 12 nitrogen and oxygen atoms in total. The number of hydrogen-bond donors (Lipinski definition) is 3. The Labute approximate surface area is 168 Å². The van der Waals surface area contributed by atoms with Crippen molar-refractivity contribution in [3.63, 3.8) is 0 Å². The number of anilines is 3. The molecular weight excluding hydrogens is 392 g/mol. The Morgan fingerprint density at radius 2 is 1.80 bits per heavy atom. The molecule has 0 saturated heterocycles. The molecule has 0 amide bonds. The van der Waals surface area contributed by atoms with Crippen LogP contribution in [0.2, 0.25) is 0 Å². The number of phenols is 1. The minimum Gasteiger partial charge on any atom is -0.507 e. The van der Waals surface area contributed by atoms with Crippen molar-refractivity contribution in [1.29, 1.82) is 0 Å². The largest absolute Gasteiger partial charge is 0.507 e. The van der Waals surface area contributed by atoms with Crippen LogP contribution in [-0.2, 0) is 0 Å². The molecule has 0 aliphatic rings. The fourth-order valence-electron chi connectivity index (χ4n) is 2.50. The van der Waals surface area contributed by atoms with Gasteiger partial charge in [-0.15, -0.1) is 0 Å². The number of phenolic OH excluding ortho intramolecular Hbond substituents is 1. The number of nitrogens with zero attached hydrogens (tertiary/aromatic N) is 6. The van der Waals surface area contributed by atoms with Crippen molar-refractivity contribution in [2.45, 2.75) is 6.92 Å². The highest BCUT2D eigenvalue weighted by molar-refractivity contribution is 5.85. The van der Waals surface area contributed by atoms with Crippen LogP contribution in [0.25, 0.3) is 11.3 Å². The molecule has 30 heavy (non-hydrogen) atoms. The molecule has 4 aromatic rings. The summed E-state index contributed by atoms with van der Waals surface area (Å²) in [6.07, 6.45) is 1.23. The predicted molar refractivity (Wildman–Crippen MR) is 108 cm³/mol. The first-order valence-electron chi connectivity index (χ1n) is 8.60. The number of nitrogens with one attached hydrogen (secondary N) is 2. The van der Waals surface area contributed by atoms with Crippen molar-refractivity contribution in [2.24, 2.45) is 5.10 Å². The van der Waals surface area contributed by atoms with Crippen LogP contribution in [0.15, 0.2) is 52.2 Å². The predicted octanol–water partition coefficient (Wildman–Crippen LogP) is 3.12. The lowest BCUT2D eigenvalue weighted by atomic mass is 10.2. The molecule has 2 aromatic carbocycles. The van der Waals surface area contributed by atoms with Gasteiger partial charge in [0.25, 0.3) is 5.69 Å². The zero-order valence-corrected chi connectivity index (χ0v) is 15.5. The molecule has 4 rings (SSSR count). The summed E-state index contributed by atoms with van der Waals surface area (Å²) in [7, 11) is 0. The smallest absolute Gasteiger partial charge is 0.270 e. The van der Waals surface area contributed by atoms with E-state index < -0.39 is 4.92 Å². The first kappa shape index (κ1) is 18.7. The third kappa shape index (κ3) is 3.96. The van der Waals surface area contributed by atoms with Crippen LogP contribution in [0, 0.1) is 17.0 Å². The normalized spacial score (nSPS) is 11.1. The average molecular weight is 406 g/mol. The summed E-state index contributed by atoms with van der Waals surface area (Å²) in [5.41, 5.74) is 4.90. The Balaban J connectivity index is 1.63. The van der Waals surface area contributed by atoms with Gasteiger partial charge in [0.2, 0.25) is 11.3 Å². The van der Waals surface area contributed by atoms with Crippen LogP contribution < -0.4 is 10.7 Å². The molecule has 0 bridgehead atoms. The molecule has 0 aliphatic heterocycles. The minimum absolute atomic E-state index is 0.155. The summed E-state index contributed by atoms with van der Waals surface area (Å²) in [4.78, 5) is 18.9. The molecule has 2 aromatic heterocycles. The van der Waals surface area contributed by atoms with Crippen molar-refractivity contribution in [2.75, 3.05) is 10.7 Å². The highest BCUT2D eigenvalue weighted by atomic mass is 16.6. The zero-order valence-electron chi connectivity index (χ0n) is 15.5. The Morgan fingerprint density at radius 1 is 1.10 bits per heavy atom. The number of aryl methyl sites for hydroxylation is 1. The first-order valence-corrected chi connectivity index (χ1v) is 8.60. The third-order valence-electron chi connectivity index (χ3n) is 4.02. The van der Waals surface area contributed by atoms with Crippen LogP contribution in [0.5, 0.6) is 5.75 Å². The Hall–Kier alpha value is -4.61. The molecule has 3 N–H and O–H groups in total. The van der Waals surface area contributed by atoms with Crippen molar-refractivity contribution >= 4 is 40.5 Å². The van der Waals surface area contributed by atoms with E-state index in [-0.39, 0.29) is 34.1 Å². The molecule has 0 spiro atoms. The van der Waals surface area contributed by atoms with Gasteiger partial charge in [0.05, 0.1) is 11.1 Å². The van der Waals surface area contributed by atoms with Crippen molar-refractivity contribution in [3.8, 4) is 5.75 Å². The van der Waals surface area contributed by atoms with Gasteiger partial charge in [0, 0.05) is 23.4 Å². The summed E-state index contributed by atoms with van der Waals surface area (Å²) >= 11 is 0. The topological polar surface area (TPSA) is 164 Å². The van der Waals surface area contributed by atoms with Gasteiger partial charge in [0.1, 0.15) is 5.75 Å². The van der Waals surface area contributed by atoms with Gasteiger partial charge in [0.15, 0.2) is 11.6 Å². The number of aromatic hydroxyl groups is 1. The number of fused-ring (bicyclic) bond motifs is 1. The lowest BCUT2D eigenvalue weighted by Crippen LogP contribution is -2.03. The second-order valence-electron chi connectivity index (χ2n) is 6.19. The number of rotatable bonds is 6. The van der Waals surface area contributed by atoms with Gasteiger partial charge >= 0.3 is 0 Å². The highest BCUT2D eigenvalue weighted by Gasteiger charge is 2.13. The van der Waals surface area contributed by atoms with E-state index in [0.29, 0.717) is 5.82 Å². The number of hydrogen-bond acceptors (Lipinski definition) is 11. The molecule has 0 radical (unpaired) electrons. The second kappa shape index (κ2) is 7.79. The van der Waals surface area contributed by atoms with Crippen LogP contribution >= 0.6 is 0 Å². The molecule has 12 heteroatoms. The molecule has 0 saturated carbocycles. The second-order valence-corrected chi connectivity index (χ2v) is 6.19. The van der Waals surface area contributed by atoms with Gasteiger partial charge in [-0.25, -0.2) is 9.61 Å². The lowest BCUT2D eigenvalue weighted by Gasteiger charge is -2.09. The van der Waals surface area contributed by atoms with Gasteiger partial charge < -0.3 is 10.4 Å². The summed E-state index contributed by atoms with van der Waals surface area (Å²) < 4.78 is 4.65. The molecule has 0 atom stereocenters. The van der Waals surface area contributed by atoms with E-state index in [2.05, 4.69) is 40.8 Å². The lowest BCUT2D eigenvalue weighted by molar-refractivity contribution is -0.384. The Kier molecular flexibility index (Phi) is 4.87. The van der Waals surface area contributed by atoms with E-state index in [4.69, 9.17) is 0 Å². The van der Waals surface area contributed by atoms with E-state index in [9.17, 15) is 15.2 Å². The Bertz CT molecular complexity index is 1250. The third-order valence-corrected chi connectivity index (χ3v) is 4.02. The molecular formula is C18H14N8O4. The van der Waals surface area contributed by atoms with E-state index in [1.54, 1.807) is 0 Å². The molecule has 150 valence electrons. The summed E-state index contributed by atoms with van der Waals surface area (Å²) in [5, 5.41) is 35.2. The Morgan fingerprint density at radius 3 is 2.50 bits per heavy atom. The van der Waals surface area contributed by atoms with Crippen molar-refractivity contribution < 1.29 is 14.7 Å². The maximum Gasteiger partial charge on any atom is 0.270 e. The number of aromatic nitrogens is 4. The quantitative estimate of drug-likeness (QED) is 0.246. The summed E-state index contributed by atoms with van der Waals surface area (Å²) in [6, 6.07) is 11.2. The van der Waals surface area contributed by atoms with Crippen LogP contribution in [-0.4, -0.2) is 36.5 Å². The van der Waals surface area contributed by atoms with Crippen LogP contribution in [0.3, 0.4) is 0 Å². The molecule has 2 heterocycles. The maximum absolute atomic E-state index is 10.9. The fourth-order valence-corrected chi connectivity index (χ4v) is 2.50. The fraction of sp³-hybridized carbons (Fsp3) is 0.0556. The first-order chi connectivity index (χ1) is 14.5. The number of benzene rings is 2. The molecule has 0 fully saturated rings.